The minimum Gasteiger partial charge on any atom is -0.459 e. The van der Waals surface area contributed by atoms with Crippen LogP contribution in [0.2, 0.25) is 0 Å². The summed E-state index contributed by atoms with van der Waals surface area (Å²) in [5, 5.41) is 2.35. The molecule has 0 radical (unpaired) electrons. The fraction of sp³-hybridized carbons (Fsp3) is 0.474. The molecule has 0 fully saturated rings. The maximum Gasteiger partial charge on any atom is 0.325 e. The van der Waals surface area contributed by atoms with Crippen LogP contribution in [0.5, 0.6) is 0 Å². The molecule has 0 heterocycles. The molecule has 0 saturated carbocycles. The van der Waals surface area contributed by atoms with Crippen LogP contribution in [-0.4, -0.2) is 35.6 Å². The van der Waals surface area contributed by atoms with Gasteiger partial charge in [0.1, 0.15) is 12.1 Å². The van der Waals surface area contributed by atoms with E-state index in [2.05, 4.69) is 5.32 Å². The second-order valence-electron chi connectivity index (χ2n) is 7.64. The molecule has 1 aliphatic rings. The van der Waals surface area contributed by atoms with Crippen molar-refractivity contribution in [2.75, 3.05) is 6.54 Å². The fourth-order valence-corrected chi connectivity index (χ4v) is 2.89. The van der Waals surface area contributed by atoms with Gasteiger partial charge in [-0.2, -0.15) is 0 Å². The quantitative estimate of drug-likeness (QED) is 0.666. The van der Waals surface area contributed by atoms with Crippen molar-refractivity contribution in [3.8, 4) is 0 Å². The lowest BCUT2D eigenvalue weighted by Gasteiger charge is -2.34. The van der Waals surface area contributed by atoms with Gasteiger partial charge in [-0.05, 0) is 40.2 Å². The van der Waals surface area contributed by atoms with E-state index in [-0.39, 0.29) is 0 Å². The van der Waals surface area contributed by atoms with Crippen LogP contribution in [-0.2, 0) is 24.5 Å². The van der Waals surface area contributed by atoms with Gasteiger partial charge in [-0.3, -0.25) is 19.2 Å². The summed E-state index contributed by atoms with van der Waals surface area (Å²) in [5.41, 5.74) is -0.664. The molecule has 0 saturated heterocycles. The van der Waals surface area contributed by atoms with E-state index < -0.39 is 46.9 Å². The summed E-state index contributed by atoms with van der Waals surface area (Å²) in [4.78, 5) is 49.5. The van der Waals surface area contributed by atoms with Crippen molar-refractivity contribution in [2.24, 2.45) is 5.92 Å². The van der Waals surface area contributed by atoms with Gasteiger partial charge in [0.25, 0.3) is 0 Å². The number of carbonyl (C=O) groups excluding carboxylic acids is 4. The topological polar surface area (TPSA) is 89.5 Å². The van der Waals surface area contributed by atoms with Crippen LogP contribution in [0.3, 0.4) is 0 Å². The number of hydrogen-bond acceptors (Lipinski definition) is 5. The molecule has 0 aliphatic heterocycles. The Bertz CT molecular complexity index is 742. The smallest absolute Gasteiger partial charge is 0.325 e. The Morgan fingerprint density at radius 1 is 1.16 bits per heavy atom. The van der Waals surface area contributed by atoms with Crippen molar-refractivity contribution in [1.29, 1.82) is 0 Å². The van der Waals surface area contributed by atoms with Gasteiger partial charge in [0, 0.05) is 5.56 Å². The van der Waals surface area contributed by atoms with E-state index in [1.165, 1.54) is 0 Å². The lowest BCUT2D eigenvalue weighted by atomic mass is 9.66. The van der Waals surface area contributed by atoms with Crippen molar-refractivity contribution >= 4 is 23.4 Å². The first kappa shape index (κ1) is 18.8. The van der Waals surface area contributed by atoms with E-state index in [4.69, 9.17) is 4.74 Å². The predicted octanol–water partition coefficient (Wildman–Crippen LogP) is 1.80. The Kier molecular flexibility index (Phi) is 4.84. The molecule has 1 aromatic rings. The number of fused-ring (bicyclic) bond motifs is 1. The van der Waals surface area contributed by atoms with Crippen molar-refractivity contribution in [3.63, 3.8) is 0 Å². The van der Waals surface area contributed by atoms with E-state index in [0.717, 1.165) is 0 Å². The highest BCUT2D eigenvalue weighted by Gasteiger charge is 2.49. The van der Waals surface area contributed by atoms with Gasteiger partial charge in [-0.25, -0.2) is 0 Å². The molecule has 134 valence electrons. The van der Waals surface area contributed by atoms with E-state index in [1.807, 2.05) is 0 Å². The number of ether oxygens (including phenoxy) is 1. The average Bonchev–Trinajstić information content (AvgIpc) is 2.50. The van der Waals surface area contributed by atoms with E-state index >= 15 is 0 Å². The van der Waals surface area contributed by atoms with E-state index in [9.17, 15) is 19.2 Å². The zero-order valence-electron chi connectivity index (χ0n) is 15.1. The molecule has 1 aromatic carbocycles. The summed E-state index contributed by atoms with van der Waals surface area (Å²) in [5.74, 6) is -3.87. The first-order valence-electron chi connectivity index (χ1n) is 8.13. The minimum atomic E-state index is -1.45. The summed E-state index contributed by atoms with van der Waals surface area (Å²) in [7, 11) is 0. The predicted molar refractivity (Wildman–Crippen MR) is 91.2 cm³/mol. The third kappa shape index (κ3) is 3.78. The molecular weight excluding hydrogens is 322 g/mol. The highest BCUT2D eigenvalue weighted by atomic mass is 16.6. The monoisotopic (exact) mass is 345 g/mol. The second kappa shape index (κ2) is 6.43. The summed E-state index contributed by atoms with van der Waals surface area (Å²) in [6, 6.07) is 6.78. The molecule has 25 heavy (non-hydrogen) atoms. The van der Waals surface area contributed by atoms with Crippen molar-refractivity contribution in [1.82, 2.24) is 5.32 Å². The third-order valence-corrected chi connectivity index (χ3v) is 4.10. The lowest BCUT2D eigenvalue weighted by Crippen LogP contribution is -2.51. The standard InChI is InChI=1S/C19H23NO5/c1-18(2,3)25-13(21)10-20-17(24)14-15(22)11-8-6-7-9-12(11)19(4,5)16(14)23/h6-9,14H,10H2,1-5H3,(H,20,24). The molecule has 1 unspecified atom stereocenters. The summed E-state index contributed by atoms with van der Waals surface area (Å²) in [6.45, 7) is 8.11. The van der Waals surface area contributed by atoms with Gasteiger partial charge >= 0.3 is 5.97 Å². The van der Waals surface area contributed by atoms with Crippen LogP contribution in [0.15, 0.2) is 24.3 Å². The Hall–Kier alpha value is -2.50. The SMILES string of the molecule is CC(C)(C)OC(=O)CNC(=O)C1C(=O)c2ccccc2C(C)(C)C1=O. The van der Waals surface area contributed by atoms with E-state index in [0.29, 0.717) is 11.1 Å². The molecule has 6 heteroatoms. The number of Topliss-reactive ketones (excluding diaryl/α,β-unsaturated/α-hetero) is 2. The van der Waals surface area contributed by atoms with Gasteiger partial charge in [0.05, 0.1) is 5.41 Å². The lowest BCUT2D eigenvalue weighted by molar-refractivity contribution is -0.155. The molecule has 0 aromatic heterocycles. The Balaban J connectivity index is 2.19. The van der Waals surface area contributed by atoms with Crippen LogP contribution >= 0.6 is 0 Å². The molecule has 0 bridgehead atoms. The molecule has 1 aliphatic carbocycles. The molecule has 1 amide bonds. The zero-order chi connectivity index (χ0) is 19.0. The van der Waals surface area contributed by atoms with Gasteiger partial charge in [0.15, 0.2) is 17.5 Å². The Morgan fingerprint density at radius 2 is 1.76 bits per heavy atom. The van der Waals surface area contributed by atoms with E-state index in [1.54, 1.807) is 58.9 Å². The first-order valence-corrected chi connectivity index (χ1v) is 8.13. The van der Waals surface area contributed by atoms with Gasteiger partial charge in [0.2, 0.25) is 5.91 Å². The summed E-state index contributed by atoms with van der Waals surface area (Å²) >= 11 is 0. The van der Waals surface area contributed by atoms with Crippen LogP contribution < -0.4 is 5.32 Å². The maximum absolute atomic E-state index is 12.7. The van der Waals surface area contributed by atoms with Gasteiger partial charge in [-0.1, -0.05) is 24.3 Å². The largest absolute Gasteiger partial charge is 0.459 e. The van der Waals surface area contributed by atoms with Gasteiger partial charge < -0.3 is 10.1 Å². The van der Waals surface area contributed by atoms with Crippen LogP contribution in [0.1, 0.15) is 50.5 Å². The Labute approximate surface area is 146 Å². The number of rotatable bonds is 3. The summed E-state index contributed by atoms with van der Waals surface area (Å²) < 4.78 is 5.10. The number of nitrogens with one attached hydrogen (secondary N) is 1. The molecule has 1 atom stereocenters. The van der Waals surface area contributed by atoms with Crippen LogP contribution in [0, 0.1) is 5.92 Å². The molecule has 6 nitrogen and oxygen atoms in total. The molecule has 0 spiro atoms. The fourth-order valence-electron chi connectivity index (χ4n) is 2.89. The highest BCUT2D eigenvalue weighted by molar-refractivity contribution is 6.28. The summed E-state index contributed by atoms with van der Waals surface area (Å²) in [6.07, 6.45) is 0. The zero-order valence-corrected chi connectivity index (χ0v) is 15.1. The maximum atomic E-state index is 12.7. The molecule has 2 rings (SSSR count). The normalized spacial score (nSPS) is 19.2. The number of benzene rings is 1. The number of amides is 1. The number of ketones is 2. The molecular formula is C19H23NO5. The Morgan fingerprint density at radius 3 is 2.36 bits per heavy atom. The third-order valence-electron chi connectivity index (χ3n) is 4.10. The van der Waals surface area contributed by atoms with Crippen LogP contribution in [0.4, 0.5) is 0 Å². The first-order chi connectivity index (χ1) is 11.4. The van der Waals surface area contributed by atoms with Crippen LogP contribution in [0.25, 0.3) is 0 Å². The minimum absolute atomic E-state index is 0.365. The molecule has 1 N–H and O–H groups in total. The average molecular weight is 345 g/mol. The number of esters is 1. The second-order valence-corrected chi connectivity index (χ2v) is 7.64. The highest BCUT2D eigenvalue weighted by Crippen LogP contribution is 2.36. The van der Waals surface area contributed by atoms with Gasteiger partial charge in [-0.15, -0.1) is 0 Å². The number of carbonyl (C=O) groups is 4. The number of hydrogen-bond donors (Lipinski definition) is 1. The van der Waals surface area contributed by atoms with Crippen molar-refractivity contribution < 1.29 is 23.9 Å². The van der Waals surface area contributed by atoms with Crippen molar-refractivity contribution in [3.05, 3.63) is 35.4 Å². The van der Waals surface area contributed by atoms with Crippen molar-refractivity contribution in [2.45, 2.75) is 45.6 Å².